The smallest absolute Gasteiger partial charge is 0.263 e. The van der Waals surface area contributed by atoms with Crippen LogP contribution < -0.4 is 0 Å². The minimum atomic E-state index is 0.159. The van der Waals surface area contributed by atoms with E-state index in [1.165, 1.54) is 4.21 Å². The number of carbonyl (C=O) groups is 1. The third-order valence-corrected chi connectivity index (χ3v) is 5.99. The second-order valence-corrected chi connectivity index (χ2v) is 7.92. The third-order valence-electron chi connectivity index (χ3n) is 3.81. The molecule has 1 saturated heterocycles. The van der Waals surface area contributed by atoms with Crippen LogP contribution in [0.2, 0.25) is 0 Å². The van der Waals surface area contributed by atoms with E-state index in [-0.39, 0.29) is 5.91 Å². The summed E-state index contributed by atoms with van der Waals surface area (Å²) >= 11 is 3.39. The molecule has 6 heteroatoms. The van der Waals surface area contributed by atoms with E-state index in [4.69, 9.17) is 0 Å². The van der Waals surface area contributed by atoms with Gasteiger partial charge < -0.3 is 4.90 Å². The van der Waals surface area contributed by atoms with Crippen molar-refractivity contribution in [1.82, 2.24) is 14.9 Å². The molecule has 1 atom stereocenters. The Morgan fingerprint density at radius 1 is 1.45 bits per heavy atom. The lowest BCUT2D eigenvalue weighted by Gasteiger charge is -2.32. The maximum atomic E-state index is 12.7. The van der Waals surface area contributed by atoms with Crippen molar-refractivity contribution in [1.29, 1.82) is 0 Å². The van der Waals surface area contributed by atoms with Gasteiger partial charge in [-0.15, -0.1) is 23.1 Å². The van der Waals surface area contributed by atoms with Gasteiger partial charge in [0.05, 0.1) is 9.09 Å². The van der Waals surface area contributed by atoms with Crippen LogP contribution in [0.25, 0.3) is 0 Å². The van der Waals surface area contributed by atoms with Gasteiger partial charge in [-0.2, -0.15) is 0 Å². The Bertz CT molecular complexity index is 629. The van der Waals surface area contributed by atoms with Crippen molar-refractivity contribution in [2.45, 2.75) is 29.9 Å². The zero-order valence-electron chi connectivity index (χ0n) is 12.6. The Labute approximate surface area is 139 Å². The monoisotopic (exact) mass is 333 g/mol. The normalized spacial score (nSPS) is 18.4. The maximum Gasteiger partial charge on any atom is 0.263 e. The van der Waals surface area contributed by atoms with Crippen molar-refractivity contribution in [2.24, 2.45) is 0 Å². The van der Waals surface area contributed by atoms with Gasteiger partial charge in [-0.05, 0) is 36.8 Å². The van der Waals surface area contributed by atoms with Gasteiger partial charge >= 0.3 is 0 Å². The predicted molar refractivity (Wildman–Crippen MR) is 90.6 cm³/mol. The Morgan fingerprint density at radius 3 is 3.14 bits per heavy atom. The molecule has 3 heterocycles. The van der Waals surface area contributed by atoms with Crippen LogP contribution in [0, 0.1) is 0 Å². The first-order valence-corrected chi connectivity index (χ1v) is 9.36. The van der Waals surface area contributed by atoms with Crippen molar-refractivity contribution < 1.29 is 4.79 Å². The molecule has 0 bridgehead atoms. The summed E-state index contributed by atoms with van der Waals surface area (Å²) in [7, 11) is 0. The Balaban J connectivity index is 1.69. The number of likely N-dealkylation sites (tertiary alicyclic amines) is 1. The minimum Gasteiger partial charge on any atom is -0.337 e. The SMILES string of the molecule is CCSc1ccc(C(=O)N2CCC[C@H](c3ccncn3)C2)s1. The number of hydrogen-bond acceptors (Lipinski definition) is 5. The quantitative estimate of drug-likeness (QED) is 0.801. The number of thioether (sulfide) groups is 1. The van der Waals surface area contributed by atoms with Crippen molar-refractivity contribution >= 4 is 29.0 Å². The van der Waals surface area contributed by atoms with E-state index in [1.807, 2.05) is 17.0 Å². The van der Waals surface area contributed by atoms with E-state index in [0.717, 1.165) is 42.3 Å². The second kappa shape index (κ2) is 7.24. The van der Waals surface area contributed by atoms with Crippen LogP contribution in [-0.2, 0) is 0 Å². The summed E-state index contributed by atoms with van der Waals surface area (Å²) in [6.07, 6.45) is 5.48. The zero-order chi connectivity index (χ0) is 15.4. The van der Waals surface area contributed by atoms with Gasteiger partial charge in [0.1, 0.15) is 6.33 Å². The fourth-order valence-electron chi connectivity index (χ4n) is 2.76. The lowest BCUT2D eigenvalue weighted by atomic mass is 9.94. The number of amides is 1. The molecule has 116 valence electrons. The van der Waals surface area contributed by atoms with Crippen LogP contribution in [0.3, 0.4) is 0 Å². The van der Waals surface area contributed by atoms with Crippen molar-refractivity contribution in [3.8, 4) is 0 Å². The topological polar surface area (TPSA) is 46.1 Å². The van der Waals surface area contributed by atoms with E-state index in [9.17, 15) is 4.79 Å². The number of aromatic nitrogens is 2. The molecule has 2 aromatic rings. The first-order valence-electron chi connectivity index (χ1n) is 7.55. The summed E-state index contributed by atoms with van der Waals surface area (Å²) in [5, 5.41) is 0. The molecule has 4 nitrogen and oxygen atoms in total. The van der Waals surface area contributed by atoms with E-state index in [1.54, 1.807) is 35.6 Å². The Kier molecular flexibility index (Phi) is 5.10. The highest BCUT2D eigenvalue weighted by molar-refractivity contribution is 8.01. The molecule has 22 heavy (non-hydrogen) atoms. The molecule has 0 aromatic carbocycles. The molecule has 0 unspecified atom stereocenters. The van der Waals surface area contributed by atoms with Gasteiger partial charge in [0.25, 0.3) is 5.91 Å². The highest BCUT2D eigenvalue weighted by Crippen LogP contribution is 2.30. The predicted octanol–water partition coefficient (Wildman–Crippen LogP) is 3.67. The average Bonchev–Trinajstić information content (AvgIpc) is 3.04. The summed E-state index contributed by atoms with van der Waals surface area (Å²) in [6.45, 7) is 3.72. The molecule has 3 rings (SSSR count). The van der Waals surface area contributed by atoms with Crippen LogP contribution in [0.5, 0.6) is 0 Å². The molecule has 1 aliphatic rings. The van der Waals surface area contributed by atoms with Gasteiger partial charge in [-0.3, -0.25) is 4.79 Å². The molecule has 0 radical (unpaired) electrons. The summed E-state index contributed by atoms with van der Waals surface area (Å²) in [5.74, 6) is 1.52. The number of carbonyl (C=O) groups excluding carboxylic acids is 1. The molecule has 1 fully saturated rings. The lowest BCUT2D eigenvalue weighted by molar-refractivity contribution is 0.0711. The van der Waals surface area contributed by atoms with Crippen LogP contribution in [-0.4, -0.2) is 39.6 Å². The molecule has 0 N–H and O–H groups in total. The number of rotatable bonds is 4. The van der Waals surface area contributed by atoms with Crippen LogP contribution in [0.1, 0.15) is 41.0 Å². The molecular formula is C16H19N3OS2. The summed E-state index contributed by atoms with van der Waals surface area (Å²) < 4.78 is 1.22. The highest BCUT2D eigenvalue weighted by Gasteiger charge is 2.26. The molecule has 0 spiro atoms. The van der Waals surface area contributed by atoms with E-state index >= 15 is 0 Å². The highest BCUT2D eigenvalue weighted by atomic mass is 32.2. The number of nitrogens with zero attached hydrogens (tertiary/aromatic N) is 3. The van der Waals surface area contributed by atoms with Crippen LogP contribution in [0.15, 0.2) is 34.9 Å². The molecule has 0 aliphatic carbocycles. The Morgan fingerprint density at radius 2 is 2.36 bits per heavy atom. The van der Waals surface area contributed by atoms with Gasteiger partial charge in [-0.1, -0.05) is 6.92 Å². The van der Waals surface area contributed by atoms with Gasteiger partial charge in [0.2, 0.25) is 0 Å². The largest absolute Gasteiger partial charge is 0.337 e. The average molecular weight is 333 g/mol. The second-order valence-electron chi connectivity index (χ2n) is 5.28. The van der Waals surface area contributed by atoms with Gasteiger partial charge in [0.15, 0.2) is 0 Å². The summed E-state index contributed by atoms with van der Waals surface area (Å²) in [5.41, 5.74) is 1.04. The fourth-order valence-corrected chi connectivity index (χ4v) is 4.77. The van der Waals surface area contributed by atoms with Crippen molar-refractivity contribution in [3.63, 3.8) is 0 Å². The maximum absolute atomic E-state index is 12.7. The fraction of sp³-hybridized carbons (Fsp3) is 0.438. The lowest BCUT2D eigenvalue weighted by Crippen LogP contribution is -2.39. The van der Waals surface area contributed by atoms with Gasteiger partial charge in [-0.25, -0.2) is 9.97 Å². The van der Waals surface area contributed by atoms with Crippen molar-refractivity contribution in [3.05, 3.63) is 41.3 Å². The van der Waals surface area contributed by atoms with E-state index in [2.05, 4.69) is 23.0 Å². The third kappa shape index (κ3) is 3.50. The van der Waals surface area contributed by atoms with Gasteiger partial charge in [0, 0.05) is 30.9 Å². The zero-order valence-corrected chi connectivity index (χ0v) is 14.2. The molecule has 0 saturated carbocycles. The van der Waals surface area contributed by atoms with Crippen LogP contribution in [0.4, 0.5) is 0 Å². The standard InChI is InChI=1S/C16H19N3OS2/c1-2-21-15-6-5-14(22-15)16(20)19-9-3-4-12(10-19)13-7-8-17-11-18-13/h5-8,11-12H,2-4,9-10H2,1H3/t12-/m0/s1. The molecule has 1 aliphatic heterocycles. The van der Waals surface area contributed by atoms with E-state index < -0.39 is 0 Å². The number of hydrogen-bond donors (Lipinski definition) is 0. The minimum absolute atomic E-state index is 0.159. The molecule has 2 aromatic heterocycles. The van der Waals surface area contributed by atoms with Crippen LogP contribution >= 0.6 is 23.1 Å². The summed E-state index contributed by atoms with van der Waals surface area (Å²) in [4.78, 5) is 23.8. The summed E-state index contributed by atoms with van der Waals surface area (Å²) in [6, 6.07) is 5.97. The molecular weight excluding hydrogens is 314 g/mol. The number of thiophene rings is 1. The number of piperidine rings is 1. The first-order chi connectivity index (χ1) is 10.8. The van der Waals surface area contributed by atoms with E-state index in [0.29, 0.717) is 5.92 Å². The Hall–Kier alpha value is -1.40. The van der Waals surface area contributed by atoms with Crippen molar-refractivity contribution in [2.75, 3.05) is 18.8 Å². The first kappa shape index (κ1) is 15.5. The molecule has 1 amide bonds.